The van der Waals surface area contributed by atoms with E-state index < -0.39 is 0 Å². The Kier molecular flexibility index (Phi) is 4.19. The lowest BCUT2D eigenvalue weighted by Crippen LogP contribution is -2.46. The molecule has 0 spiro atoms. The van der Waals surface area contributed by atoms with E-state index in [9.17, 15) is 0 Å². The Bertz CT molecular complexity index is 330. The Morgan fingerprint density at radius 2 is 1.82 bits per heavy atom. The predicted molar refractivity (Wildman–Crippen MR) is 70.8 cm³/mol. The SMILES string of the molecule is CC(OCC1(N)CCCCC1)c1ccccc1. The van der Waals surface area contributed by atoms with Gasteiger partial charge < -0.3 is 10.5 Å². The third-order valence-corrected chi connectivity index (χ3v) is 3.74. The quantitative estimate of drug-likeness (QED) is 0.864. The highest BCUT2D eigenvalue weighted by molar-refractivity contribution is 5.16. The number of nitrogens with two attached hydrogens (primary N) is 1. The summed E-state index contributed by atoms with van der Waals surface area (Å²) in [5.41, 5.74) is 7.51. The molecule has 0 aliphatic heterocycles. The van der Waals surface area contributed by atoms with E-state index in [-0.39, 0.29) is 11.6 Å². The summed E-state index contributed by atoms with van der Waals surface area (Å²) < 4.78 is 5.95. The van der Waals surface area contributed by atoms with Crippen molar-refractivity contribution in [3.8, 4) is 0 Å². The zero-order valence-electron chi connectivity index (χ0n) is 10.7. The van der Waals surface area contributed by atoms with Crippen molar-refractivity contribution in [3.05, 3.63) is 35.9 Å². The molecule has 2 rings (SSSR count). The molecule has 0 bridgehead atoms. The molecule has 2 N–H and O–H groups in total. The average molecular weight is 233 g/mol. The van der Waals surface area contributed by atoms with Crippen LogP contribution in [0.1, 0.15) is 50.7 Å². The van der Waals surface area contributed by atoms with Gasteiger partial charge in [-0.3, -0.25) is 0 Å². The van der Waals surface area contributed by atoms with Gasteiger partial charge in [-0.15, -0.1) is 0 Å². The van der Waals surface area contributed by atoms with Crippen LogP contribution < -0.4 is 5.73 Å². The summed E-state index contributed by atoms with van der Waals surface area (Å²) >= 11 is 0. The third kappa shape index (κ3) is 3.55. The summed E-state index contributed by atoms with van der Waals surface area (Å²) in [5, 5.41) is 0. The number of hydrogen-bond donors (Lipinski definition) is 1. The maximum Gasteiger partial charge on any atom is 0.0797 e. The largest absolute Gasteiger partial charge is 0.372 e. The van der Waals surface area contributed by atoms with E-state index in [1.54, 1.807) is 0 Å². The molecule has 1 aliphatic rings. The summed E-state index contributed by atoms with van der Waals surface area (Å²) in [6.45, 7) is 2.78. The van der Waals surface area contributed by atoms with Gasteiger partial charge in [-0.1, -0.05) is 49.6 Å². The van der Waals surface area contributed by atoms with E-state index in [1.807, 2.05) is 18.2 Å². The van der Waals surface area contributed by atoms with Crippen LogP contribution in [-0.2, 0) is 4.74 Å². The molecule has 0 saturated heterocycles. The first-order valence-electron chi connectivity index (χ1n) is 6.65. The number of hydrogen-bond acceptors (Lipinski definition) is 2. The van der Waals surface area contributed by atoms with Crippen molar-refractivity contribution in [1.29, 1.82) is 0 Å². The normalized spacial score (nSPS) is 21.1. The summed E-state index contributed by atoms with van der Waals surface area (Å²) in [6, 6.07) is 10.3. The van der Waals surface area contributed by atoms with Gasteiger partial charge in [0.05, 0.1) is 12.7 Å². The Labute approximate surface area is 104 Å². The second-order valence-corrected chi connectivity index (χ2v) is 5.29. The molecule has 1 atom stereocenters. The summed E-state index contributed by atoms with van der Waals surface area (Å²) in [5.74, 6) is 0. The highest BCUT2D eigenvalue weighted by atomic mass is 16.5. The van der Waals surface area contributed by atoms with E-state index in [1.165, 1.54) is 24.8 Å². The van der Waals surface area contributed by atoms with Gasteiger partial charge in [-0.2, -0.15) is 0 Å². The second kappa shape index (κ2) is 5.65. The van der Waals surface area contributed by atoms with Crippen molar-refractivity contribution in [2.24, 2.45) is 5.73 Å². The van der Waals surface area contributed by atoms with Crippen LogP contribution in [0.4, 0.5) is 0 Å². The zero-order valence-corrected chi connectivity index (χ0v) is 10.7. The minimum atomic E-state index is -0.0821. The monoisotopic (exact) mass is 233 g/mol. The second-order valence-electron chi connectivity index (χ2n) is 5.29. The molecule has 2 heteroatoms. The van der Waals surface area contributed by atoms with Gasteiger partial charge >= 0.3 is 0 Å². The van der Waals surface area contributed by atoms with Crippen molar-refractivity contribution in [1.82, 2.24) is 0 Å². The van der Waals surface area contributed by atoms with Gasteiger partial charge in [0.15, 0.2) is 0 Å². The van der Waals surface area contributed by atoms with Crippen LogP contribution in [0, 0.1) is 0 Å². The zero-order chi connectivity index (χ0) is 12.1. The maximum atomic E-state index is 6.36. The first kappa shape index (κ1) is 12.6. The number of ether oxygens (including phenoxy) is 1. The molecule has 0 amide bonds. The summed E-state index contributed by atoms with van der Waals surface area (Å²) in [4.78, 5) is 0. The standard InChI is InChI=1S/C15H23NO/c1-13(14-8-4-2-5-9-14)17-12-15(16)10-6-3-7-11-15/h2,4-5,8-9,13H,3,6-7,10-12,16H2,1H3. The highest BCUT2D eigenvalue weighted by Crippen LogP contribution is 2.28. The molecule has 1 unspecified atom stereocenters. The van der Waals surface area contributed by atoms with Gasteiger partial charge in [0, 0.05) is 5.54 Å². The van der Waals surface area contributed by atoms with Gasteiger partial charge in [0.25, 0.3) is 0 Å². The van der Waals surface area contributed by atoms with Crippen molar-refractivity contribution < 1.29 is 4.74 Å². The summed E-state index contributed by atoms with van der Waals surface area (Å²) in [7, 11) is 0. The molecule has 1 aliphatic carbocycles. The van der Waals surface area contributed by atoms with E-state index in [0.717, 1.165) is 12.8 Å². The van der Waals surface area contributed by atoms with Crippen LogP contribution in [0.25, 0.3) is 0 Å². The fraction of sp³-hybridized carbons (Fsp3) is 0.600. The topological polar surface area (TPSA) is 35.2 Å². The molecular weight excluding hydrogens is 210 g/mol. The lowest BCUT2D eigenvalue weighted by Gasteiger charge is -2.34. The first-order chi connectivity index (χ1) is 8.20. The lowest BCUT2D eigenvalue weighted by atomic mass is 9.83. The molecule has 1 saturated carbocycles. The molecule has 1 aromatic rings. The maximum absolute atomic E-state index is 6.36. The van der Waals surface area contributed by atoms with E-state index in [0.29, 0.717) is 6.61 Å². The van der Waals surface area contributed by atoms with Gasteiger partial charge in [-0.25, -0.2) is 0 Å². The number of benzene rings is 1. The Morgan fingerprint density at radius 1 is 1.18 bits per heavy atom. The van der Waals surface area contributed by atoms with Crippen LogP contribution in [0.5, 0.6) is 0 Å². The smallest absolute Gasteiger partial charge is 0.0797 e. The van der Waals surface area contributed by atoms with Crippen molar-refractivity contribution in [2.75, 3.05) is 6.61 Å². The molecule has 2 nitrogen and oxygen atoms in total. The van der Waals surface area contributed by atoms with Crippen LogP contribution >= 0.6 is 0 Å². The van der Waals surface area contributed by atoms with Gasteiger partial charge in [-0.05, 0) is 25.3 Å². The minimum Gasteiger partial charge on any atom is -0.372 e. The van der Waals surface area contributed by atoms with Crippen LogP contribution in [0.15, 0.2) is 30.3 Å². The van der Waals surface area contributed by atoms with Gasteiger partial charge in [0.2, 0.25) is 0 Å². The van der Waals surface area contributed by atoms with Crippen LogP contribution in [-0.4, -0.2) is 12.1 Å². The molecule has 1 fully saturated rings. The molecular formula is C15H23NO. The van der Waals surface area contributed by atoms with E-state index in [4.69, 9.17) is 10.5 Å². The average Bonchev–Trinajstić information content (AvgIpc) is 2.38. The number of rotatable bonds is 4. The first-order valence-corrected chi connectivity index (χ1v) is 6.65. The van der Waals surface area contributed by atoms with Crippen LogP contribution in [0.2, 0.25) is 0 Å². The summed E-state index contributed by atoms with van der Waals surface area (Å²) in [6.07, 6.45) is 6.17. The van der Waals surface area contributed by atoms with Gasteiger partial charge in [0.1, 0.15) is 0 Å². The Morgan fingerprint density at radius 3 is 2.47 bits per heavy atom. The Hall–Kier alpha value is -0.860. The minimum absolute atomic E-state index is 0.0821. The Balaban J connectivity index is 1.85. The molecule has 0 aromatic heterocycles. The lowest BCUT2D eigenvalue weighted by molar-refractivity contribution is 0.0179. The van der Waals surface area contributed by atoms with Crippen LogP contribution in [0.3, 0.4) is 0 Å². The fourth-order valence-electron chi connectivity index (χ4n) is 2.51. The predicted octanol–water partition coefficient (Wildman–Crippen LogP) is 3.43. The molecule has 0 radical (unpaired) electrons. The van der Waals surface area contributed by atoms with E-state index >= 15 is 0 Å². The van der Waals surface area contributed by atoms with E-state index in [2.05, 4.69) is 19.1 Å². The fourth-order valence-corrected chi connectivity index (χ4v) is 2.51. The third-order valence-electron chi connectivity index (χ3n) is 3.74. The highest BCUT2D eigenvalue weighted by Gasteiger charge is 2.28. The van der Waals surface area contributed by atoms with Crippen molar-refractivity contribution in [2.45, 2.75) is 50.7 Å². The molecule has 17 heavy (non-hydrogen) atoms. The van der Waals surface area contributed by atoms with Crippen molar-refractivity contribution >= 4 is 0 Å². The molecule has 94 valence electrons. The molecule has 1 aromatic carbocycles. The molecule has 0 heterocycles. The van der Waals surface area contributed by atoms with Crippen molar-refractivity contribution in [3.63, 3.8) is 0 Å².